The van der Waals surface area contributed by atoms with Crippen molar-refractivity contribution in [2.75, 3.05) is 43.6 Å². The van der Waals surface area contributed by atoms with Crippen molar-refractivity contribution >= 4 is 11.9 Å². The molecule has 1 fully saturated rings. The van der Waals surface area contributed by atoms with Gasteiger partial charge in [0, 0.05) is 13.6 Å². The Balaban J connectivity index is 2.23. The molecule has 0 bridgehead atoms. The molecule has 0 amide bonds. The average molecular weight is 297 g/mol. The van der Waals surface area contributed by atoms with Gasteiger partial charge in [-0.25, -0.2) is 0 Å². The maximum absolute atomic E-state index is 9.27. The highest BCUT2D eigenvalue weighted by molar-refractivity contribution is 5.39. The van der Waals surface area contributed by atoms with Crippen LogP contribution in [0, 0.1) is 0 Å². The third-order valence-electron chi connectivity index (χ3n) is 3.23. The van der Waals surface area contributed by atoms with Crippen LogP contribution in [0.3, 0.4) is 0 Å². The first-order valence-electron chi connectivity index (χ1n) is 7.23. The molecule has 0 aliphatic carbocycles. The highest BCUT2D eigenvalue weighted by Gasteiger charge is 2.28. The van der Waals surface area contributed by atoms with Gasteiger partial charge in [0.05, 0.1) is 32.0 Å². The van der Waals surface area contributed by atoms with Crippen LogP contribution in [-0.2, 0) is 4.74 Å². The standard InChI is InChI=1S/C13H23N5O3/c1-4-5-20-13-16-11(14-3)15-12(17-13)18-6-10(7-19)21-8-9(18)2/h9-10,19H,4-8H2,1-3H3,(H,14,15,16,17). The number of aliphatic hydroxyl groups is 1. The summed E-state index contributed by atoms with van der Waals surface area (Å²) >= 11 is 0. The topological polar surface area (TPSA) is 92.6 Å². The molecule has 2 rings (SSSR count). The number of aliphatic hydroxyl groups excluding tert-OH is 1. The SMILES string of the molecule is CCCOc1nc(NC)nc(N2CC(CO)OCC2C)n1. The molecule has 1 aromatic rings. The zero-order valence-corrected chi connectivity index (χ0v) is 12.7. The number of ether oxygens (including phenoxy) is 2. The van der Waals surface area contributed by atoms with E-state index in [9.17, 15) is 5.11 Å². The summed E-state index contributed by atoms with van der Waals surface area (Å²) in [6.07, 6.45) is 0.659. The Morgan fingerprint density at radius 3 is 2.90 bits per heavy atom. The van der Waals surface area contributed by atoms with Gasteiger partial charge in [0.1, 0.15) is 0 Å². The van der Waals surface area contributed by atoms with Crippen molar-refractivity contribution in [1.29, 1.82) is 0 Å². The minimum Gasteiger partial charge on any atom is -0.463 e. The van der Waals surface area contributed by atoms with Crippen molar-refractivity contribution in [2.45, 2.75) is 32.4 Å². The molecule has 2 N–H and O–H groups in total. The molecule has 0 spiro atoms. The second-order valence-corrected chi connectivity index (χ2v) is 4.98. The molecule has 1 aliphatic heterocycles. The summed E-state index contributed by atoms with van der Waals surface area (Å²) in [5, 5.41) is 12.2. The maximum atomic E-state index is 9.27. The van der Waals surface area contributed by atoms with E-state index in [0.717, 1.165) is 6.42 Å². The van der Waals surface area contributed by atoms with Crippen molar-refractivity contribution in [1.82, 2.24) is 15.0 Å². The van der Waals surface area contributed by atoms with Crippen molar-refractivity contribution in [2.24, 2.45) is 0 Å². The molecular weight excluding hydrogens is 274 g/mol. The van der Waals surface area contributed by atoms with Gasteiger partial charge in [0.15, 0.2) is 0 Å². The monoisotopic (exact) mass is 297 g/mol. The summed E-state index contributed by atoms with van der Waals surface area (Å²) in [6, 6.07) is 0.435. The van der Waals surface area contributed by atoms with Gasteiger partial charge in [-0.3, -0.25) is 0 Å². The molecule has 1 aromatic heterocycles. The Bertz CT molecular complexity index is 459. The molecule has 118 valence electrons. The van der Waals surface area contributed by atoms with Gasteiger partial charge in [-0.05, 0) is 13.3 Å². The maximum Gasteiger partial charge on any atom is 0.323 e. The minimum absolute atomic E-state index is 0.0214. The van der Waals surface area contributed by atoms with Crippen LogP contribution in [0.25, 0.3) is 0 Å². The van der Waals surface area contributed by atoms with Gasteiger partial charge in [0.25, 0.3) is 0 Å². The Morgan fingerprint density at radius 1 is 1.43 bits per heavy atom. The van der Waals surface area contributed by atoms with Crippen molar-refractivity contribution in [3.05, 3.63) is 0 Å². The summed E-state index contributed by atoms with van der Waals surface area (Å²) in [5.74, 6) is 1.00. The smallest absolute Gasteiger partial charge is 0.323 e. The summed E-state index contributed by atoms with van der Waals surface area (Å²) in [5.41, 5.74) is 0. The van der Waals surface area contributed by atoms with Gasteiger partial charge in [0.2, 0.25) is 11.9 Å². The second-order valence-electron chi connectivity index (χ2n) is 4.98. The van der Waals surface area contributed by atoms with Crippen molar-refractivity contribution in [3.63, 3.8) is 0 Å². The van der Waals surface area contributed by atoms with Crippen LogP contribution in [0.15, 0.2) is 0 Å². The van der Waals surface area contributed by atoms with E-state index < -0.39 is 0 Å². The minimum atomic E-state index is -0.226. The number of rotatable bonds is 6. The van der Waals surface area contributed by atoms with E-state index in [2.05, 4.69) is 20.3 Å². The Hall–Kier alpha value is -1.67. The Morgan fingerprint density at radius 2 is 2.24 bits per heavy atom. The van der Waals surface area contributed by atoms with Crippen LogP contribution >= 0.6 is 0 Å². The first-order chi connectivity index (χ1) is 10.2. The molecule has 8 heteroatoms. The Labute approximate surface area is 124 Å². The van der Waals surface area contributed by atoms with Crippen LogP contribution < -0.4 is 15.0 Å². The van der Waals surface area contributed by atoms with E-state index in [4.69, 9.17) is 9.47 Å². The molecule has 0 aromatic carbocycles. The predicted molar refractivity (Wildman–Crippen MR) is 78.8 cm³/mol. The van der Waals surface area contributed by atoms with Crippen LogP contribution in [0.5, 0.6) is 6.01 Å². The summed E-state index contributed by atoms with van der Waals surface area (Å²) < 4.78 is 11.0. The van der Waals surface area contributed by atoms with Gasteiger partial charge < -0.3 is 24.8 Å². The van der Waals surface area contributed by atoms with E-state index in [1.54, 1.807) is 7.05 Å². The lowest BCUT2D eigenvalue weighted by Gasteiger charge is -2.37. The van der Waals surface area contributed by atoms with E-state index in [1.807, 2.05) is 18.7 Å². The van der Waals surface area contributed by atoms with Gasteiger partial charge in [-0.2, -0.15) is 15.0 Å². The normalized spacial score (nSPS) is 22.2. The molecule has 1 aliphatic rings. The molecule has 8 nitrogen and oxygen atoms in total. The first kappa shape index (κ1) is 15.7. The van der Waals surface area contributed by atoms with Gasteiger partial charge >= 0.3 is 6.01 Å². The molecule has 0 radical (unpaired) electrons. The van der Waals surface area contributed by atoms with Crippen molar-refractivity contribution in [3.8, 4) is 6.01 Å². The van der Waals surface area contributed by atoms with E-state index >= 15 is 0 Å². The fourth-order valence-electron chi connectivity index (χ4n) is 2.05. The van der Waals surface area contributed by atoms with Crippen LogP contribution in [0.1, 0.15) is 20.3 Å². The van der Waals surface area contributed by atoms with E-state index in [1.165, 1.54) is 0 Å². The number of nitrogens with one attached hydrogen (secondary N) is 1. The third-order valence-corrected chi connectivity index (χ3v) is 3.23. The quantitative estimate of drug-likeness (QED) is 0.774. The van der Waals surface area contributed by atoms with E-state index in [-0.39, 0.29) is 18.8 Å². The summed E-state index contributed by atoms with van der Waals surface area (Å²) in [6.45, 7) is 5.66. The second kappa shape index (κ2) is 7.37. The van der Waals surface area contributed by atoms with Gasteiger partial charge in [-0.15, -0.1) is 0 Å². The molecule has 2 atom stereocenters. The average Bonchev–Trinajstić information content (AvgIpc) is 2.53. The van der Waals surface area contributed by atoms with Crippen LogP contribution in [-0.4, -0.2) is 65.6 Å². The zero-order valence-electron chi connectivity index (χ0n) is 12.7. The third kappa shape index (κ3) is 3.92. The van der Waals surface area contributed by atoms with Gasteiger partial charge in [-0.1, -0.05) is 6.92 Å². The molecule has 2 heterocycles. The van der Waals surface area contributed by atoms with Crippen molar-refractivity contribution < 1.29 is 14.6 Å². The first-order valence-corrected chi connectivity index (χ1v) is 7.23. The molecular formula is C13H23N5O3. The number of aromatic nitrogens is 3. The number of anilines is 2. The summed E-state index contributed by atoms with van der Waals surface area (Å²) in [7, 11) is 1.75. The van der Waals surface area contributed by atoms with Crippen LogP contribution in [0.2, 0.25) is 0 Å². The summed E-state index contributed by atoms with van der Waals surface area (Å²) in [4.78, 5) is 14.9. The van der Waals surface area contributed by atoms with E-state index in [0.29, 0.717) is 37.7 Å². The Kier molecular flexibility index (Phi) is 5.51. The fraction of sp³-hybridized carbons (Fsp3) is 0.769. The number of hydrogen-bond acceptors (Lipinski definition) is 8. The lowest BCUT2D eigenvalue weighted by molar-refractivity contribution is -0.0108. The molecule has 1 saturated heterocycles. The number of morpholine rings is 1. The zero-order chi connectivity index (χ0) is 15.2. The fourth-order valence-corrected chi connectivity index (χ4v) is 2.05. The number of hydrogen-bond donors (Lipinski definition) is 2. The lowest BCUT2D eigenvalue weighted by Crippen LogP contribution is -2.50. The molecule has 21 heavy (non-hydrogen) atoms. The largest absolute Gasteiger partial charge is 0.463 e. The molecule has 0 saturated carbocycles. The highest BCUT2D eigenvalue weighted by Crippen LogP contribution is 2.21. The number of nitrogens with zero attached hydrogens (tertiary/aromatic N) is 4. The predicted octanol–water partition coefficient (Wildman–Crippen LogP) is 0.288. The highest BCUT2D eigenvalue weighted by atomic mass is 16.5. The molecule has 2 unspecified atom stereocenters. The lowest BCUT2D eigenvalue weighted by atomic mass is 10.2. The van der Waals surface area contributed by atoms with Crippen LogP contribution in [0.4, 0.5) is 11.9 Å².